The van der Waals surface area contributed by atoms with E-state index in [-0.39, 0.29) is 0 Å². The number of rotatable bonds is 11. The van der Waals surface area contributed by atoms with E-state index in [0.717, 1.165) is 18.5 Å². The second-order valence-electron chi connectivity index (χ2n) is 6.45. The molecule has 2 aromatic rings. The first-order valence-corrected chi connectivity index (χ1v) is 9.98. The average Bonchev–Trinajstić information content (AvgIpc) is 2.90. The Balaban J connectivity index is 1.64. The van der Waals surface area contributed by atoms with Crippen LogP contribution in [-0.4, -0.2) is 29.5 Å². The normalized spacial score (nSPS) is 11.3. The number of hydrogen-bond acceptors (Lipinski definition) is 4. The molecular formula is C20H31N3S. The van der Waals surface area contributed by atoms with Gasteiger partial charge in [-0.25, -0.2) is 4.98 Å². The van der Waals surface area contributed by atoms with E-state index in [4.69, 9.17) is 5.73 Å². The zero-order valence-electron chi connectivity index (χ0n) is 15.1. The highest BCUT2D eigenvalue weighted by molar-refractivity contribution is 7.15. The van der Waals surface area contributed by atoms with Crippen molar-refractivity contribution in [1.82, 2.24) is 9.88 Å². The Morgan fingerprint density at radius 3 is 2.46 bits per heavy atom. The van der Waals surface area contributed by atoms with Crippen molar-refractivity contribution in [2.75, 3.05) is 25.4 Å². The molecule has 132 valence electrons. The fraction of sp³-hybridized carbons (Fsp3) is 0.550. The van der Waals surface area contributed by atoms with Crippen molar-refractivity contribution in [2.24, 2.45) is 0 Å². The predicted molar refractivity (Wildman–Crippen MR) is 106 cm³/mol. The molecular weight excluding hydrogens is 314 g/mol. The maximum atomic E-state index is 5.76. The molecule has 0 saturated carbocycles. The number of aromatic nitrogens is 1. The highest BCUT2D eigenvalue weighted by Crippen LogP contribution is 2.21. The van der Waals surface area contributed by atoms with Crippen LogP contribution in [0.25, 0.3) is 0 Å². The number of nitrogens with two attached hydrogens (primary N) is 1. The van der Waals surface area contributed by atoms with Gasteiger partial charge in [0.1, 0.15) is 0 Å². The summed E-state index contributed by atoms with van der Waals surface area (Å²) in [5.41, 5.74) is 8.32. The summed E-state index contributed by atoms with van der Waals surface area (Å²) in [6.07, 6.45) is 7.30. The molecule has 0 aliphatic rings. The Morgan fingerprint density at radius 1 is 1.00 bits per heavy atom. The van der Waals surface area contributed by atoms with Crippen LogP contribution in [0.2, 0.25) is 0 Å². The van der Waals surface area contributed by atoms with E-state index in [1.807, 2.05) is 0 Å². The average molecular weight is 346 g/mol. The second-order valence-corrected chi connectivity index (χ2v) is 7.56. The van der Waals surface area contributed by atoms with E-state index >= 15 is 0 Å². The van der Waals surface area contributed by atoms with Gasteiger partial charge >= 0.3 is 0 Å². The van der Waals surface area contributed by atoms with Crippen LogP contribution in [0, 0.1) is 6.92 Å². The van der Waals surface area contributed by atoms with E-state index in [1.54, 1.807) is 11.3 Å². The summed E-state index contributed by atoms with van der Waals surface area (Å²) in [6.45, 7) is 7.92. The molecule has 1 aromatic heterocycles. The first kappa shape index (κ1) is 18.9. The van der Waals surface area contributed by atoms with Crippen molar-refractivity contribution in [3.8, 4) is 0 Å². The fourth-order valence-electron chi connectivity index (χ4n) is 3.06. The highest BCUT2D eigenvalue weighted by atomic mass is 32.1. The molecule has 0 spiro atoms. The molecule has 0 amide bonds. The molecule has 24 heavy (non-hydrogen) atoms. The lowest BCUT2D eigenvalue weighted by Gasteiger charge is -2.21. The smallest absolute Gasteiger partial charge is 0.180 e. The van der Waals surface area contributed by atoms with Crippen LogP contribution >= 0.6 is 11.3 Å². The third-order valence-corrected chi connectivity index (χ3v) is 5.43. The molecule has 0 aliphatic heterocycles. The molecule has 3 nitrogen and oxygen atoms in total. The van der Waals surface area contributed by atoms with Crippen molar-refractivity contribution in [1.29, 1.82) is 0 Å². The summed E-state index contributed by atoms with van der Waals surface area (Å²) in [4.78, 5) is 8.28. The van der Waals surface area contributed by atoms with Gasteiger partial charge in [-0.2, -0.15) is 0 Å². The highest BCUT2D eigenvalue weighted by Gasteiger charge is 2.06. The number of hydrogen-bond donors (Lipinski definition) is 1. The zero-order valence-corrected chi connectivity index (χ0v) is 15.9. The van der Waals surface area contributed by atoms with Crippen LogP contribution in [0.15, 0.2) is 30.3 Å². The Morgan fingerprint density at radius 2 is 1.79 bits per heavy atom. The van der Waals surface area contributed by atoms with Crippen molar-refractivity contribution in [3.63, 3.8) is 0 Å². The van der Waals surface area contributed by atoms with Gasteiger partial charge < -0.3 is 10.6 Å². The maximum Gasteiger partial charge on any atom is 0.180 e. The number of unbranched alkanes of at least 4 members (excludes halogenated alkanes) is 2. The molecule has 2 N–H and O–H groups in total. The van der Waals surface area contributed by atoms with Gasteiger partial charge in [0, 0.05) is 11.4 Å². The first-order chi connectivity index (χ1) is 11.7. The third-order valence-electron chi connectivity index (χ3n) is 4.39. The largest absolute Gasteiger partial charge is 0.375 e. The SMILES string of the molecule is CCCN(CCCCCc1sc(N)nc1C)CCc1ccccc1. The van der Waals surface area contributed by atoms with Crippen molar-refractivity contribution in [3.05, 3.63) is 46.5 Å². The van der Waals surface area contributed by atoms with Crippen molar-refractivity contribution in [2.45, 2.75) is 52.4 Å². The van der Waals surface area contributed by atoms with Gasteiger partial charge in [-0.1, -0.05) is 43.7 Å². The molecule has 0 saturated heterocycles. The summed E-state index contributed by atoms with van der Waals surface area (Å²) in [6, 6.07) is 10.8. The summed E-state index contributed by atoms with van der Waals surface area (Å²) in [5.74, 6) is 0. The van der Waals surface area contributed by atoms with Crippen LogP contribution < -0.4 is 5.73 Å². The van der Waals surface area contributed by atoms with Gasteiger partial charge in [0.05, 0.1) is 5.69 Å². The lowest BCUT2D eigenvalue weighted by atomic mass is 10.1. The molecule has 1 heterocycles. The number of aryl methyl sites for hydroxylation is 2. The van der Waals surface area contributed by atoms with Crippen molar-refractivity contribution >= 4 is 16.5 Å². The monoisotopic (exact) mass is 345 g/mol. The molecule has 0 fully saturated rings. The summed E-state index contributed by atoms with van der Waals surface area (Å²) in [7, 11) is 0. The zero-order chi connectivity index (χ0) is 17.2. The Kier molecular flexibility index (Phi) is 8.26. The van der Waals surface area contributed by atoms with E-state index in [9.17, 15) is 0 Å². The summed E-state index contributed by atoms with van der Waals surface area (Å²) < 4.78 is 0. The van der Waals surface area contributed by atoms with Gasteiger partial charge in [0.15, 0.2) is 5.13 Å². The minimum Gasteiger partial charge on any atom is -0.375 e. The van der Waals surface area contributed by atoms with E-state index in [2.05, 4.69) is 54.1 Å². The van der Waals surface area contributed by atoms with Crippen LogP contribution in [-0.2, 0) is 12.8 Å². The molecule has 2 rings (SSSR count). The number of thiazole rings is 1. The molecule has 1 aromatic carbocycles. The minimum absolute atomic E-state index is 0.706. The van der Waals surface area contributed by atoms with Crippen LogP contribution in [0.5, 0.6) is 0 Å². The number of nitrogens with zero attached hydrogens (tertiary/aromatic N) is 2. The quantitative estimate of drug-likeness (QED) is 0.600. The van der Waals surface area contributed by atoms with Gasteiger partial charge in [0.2, 0.25) is 0 Å². The van der Waals surface area contributed by atoms with Crippen LogP contribution in [0.3, 0.4) is 0 Å². The lowest BCUT2D eigenvalue weighted by Crippen LogP contribution is -2.28. The molecule has 0 atom stereocenters. The minimum atomic E-state index is 0.706. The lowest BCUT2D eigenvalue weighted by molar-refractivity contribution is 0.271. The number of nitrogen functional groups attached to an aromatic ring is 1. The predicted octanol–water partition coefficient (Wildman–Crippen LogP) is 4.70. The number of benzene rings is 1. The topological polar surface area (TPSA) is 42.1 Å². The molecule has 0 bridgehead atoms. The fourth-order valence-corrected chi connectivity index (χ4v) is 3.94. The van der Waals surface area contributed by atoms with Gasteiger partial charge in [-0.3, -0.25) is 0 Å². The standard InChI is InChI=1S/C20H31N3S/c1-3-14-23(16-13-18-10-6-4-7-11-18)15-9-5-8-12-19-17(2)22-20(21)24-19/h4,6-7,10-11H,3,5,8-9,12-16H2,1-2H3,(H2,21,22). The van der Waals surface area contributed by atoms with Gasteiger partial charge in [0.25, 0.3) is 0 Å². The Bertz CT molecular complexity index is 580. The Labute approximate surface area is 150 Å². The van der Waals surface area contributed by atoms with Crippen LogP contribution in [0.4, 0.5) is 5.13 Å². The van der Waals surface area contributed by atoms with Gasteiger partial charge in [-0.15, -0.1) is 11.3 Å². The number of anilines is 1. The van der Waals surface area contributed by atoms with E-state index in [1.165, 1.54) is 55.8 Å². The van der Waals surface area contributed by atoms with Gasteiger partial charge in [-0.05, 0) is 57.7 Å². The van der Waals surface area contributed by atoms with E-state index < -0.39 is 0 Å². The molecule has 0 aliphatic carbocycles. The first-order valence-electron chi connectivity index (χ1n) is 9.17. The molecule has 0 radical (unpaired) electrons. The maximum absolute atomic E-state index is 5.76. The molecule has 4 heteroatoms. The Hall–Kier alpha value is -1.39. The molecule has 0 unspecified atom stereocenters. The van der Waals surface area contributed by atoms with Crippen molar-refractivity contribution < 1.29 is 0 Å². The summed E-state index contributed by atoms with van der Waals surface area (Å²) in [5, 5.41) is 0.706. The second kappa shape index (κ2) is 10.5. The van der Waals surface area contributed by atoms with Crippen LogP contribution in [0.1, 0.15) is 48.7 Å². The van der Waals surface area contributed by atoms with E-state index in [0.29, 0.717) is 5.13 Å². The summed E-state index contributed by atoms with van der Waals surface area (Å²) >= 11 is 1.65. The third kappa shape index (κ3) is 6.62.